The van der Waals surface area contributed by atoms with Crippen molar-refractivity contribution in [2.75, 3.05) is 45.0 Å². The summed E-state index contributed by atoms with van der Waals surface area (Å²) in [5, 5.41) is 29.1. The number of carbonyl (C=O) groups is 3. The van der Waals surface area contributed by atoms with Crippen LogP contribution in [0.3, 0.4) is 0 Å². The molecule has 0 fully saturated rings. The zero-order chi connectivity index (χ0) is 47.0. The number of amides is 2. The van der Waals surface area contributed by atoms with E-state index in [9.17, 15) is 19.5 Å². The highest BCUT2D eigenvalue weighted by Gasteiger charge is 2.32. The quantitative estimate of drug-likeness (QED) is 0.0955. The monoisotopic (exact) mass is 982 g/mol. The molecule has 4 N–H and O–H groups in total. The van der Waals surface area contributed by atoms with E-state index in [1.807, 2.05) is 45.0 Å². The first kappa shape index (κ1) is 45.7. The van der Waals surface area contributed by atoms with E-state index in [1.165, 1.54) is 35.0 Å². The van der Waals surface area contributed by atoms with Crippen LogP contribution in [0.15, 0.2) is 36.9 Å². The van der Waals surface area contributed by atoms with Gasteiger partial charge in [0.2, 0.25) is 5.91 Å². The zero-order valence-corrected chi connectivity index (χ0v) is 40.6. The van der Waals surface area contributed by atoms with Crippen LogP contribution in [-0.2, 0) is 40.0 Å². The molecular weight excluding hydrogens is 937 g/mol. The minimum absolute atomic E-state index is 0.0738. The minimum Gasteiger partial charge on any atom is -0.494 e. The molecule has 6 heterocycles. The van der Waals surface area contributed by atoms with E-state index < -0.39 is 17.7 Å². The van der Waals surface area contributed by atoms with Gasteiger partial charge in [-0.05, 0) is 106 Å². The number of hydrogen-bond acceptors (Lipinski definition) is 20. The number of nitrogens with zero attached hydrogens (tertiary/aromatic N) is 9. The maximum atomic E-state index is 13.2. The van der Waals surface area contributed by atoms with Crippen molar-refractivity contribution < 1.29 is 33.7 Å². The summed E-state index contributed by atoms with van der Waals surface area (Å²) in [5.74, 6) is 1.61. The Hall–Kier alpha value is -6.43. The number of carboxylic acids is 1. The van der Waals surface area contributed by atoms with Gasteiger partial charge >= 0.3 is 12.1 Å². The Morgan fingerprint density at radius 3 is 1.76 bits per heavy atom. The number of rotatable bonds is 11. The zero-order valence-electron chi connectivity index (χ0n) is 37.3. The normalized spacial score (nSPS) is 15.6. The molecule has 0 unspecified atom stereocenters. The number of carbonyl (C=O) groups excluding carboxylic acids is 2. The largest absolute Gasteiger partial charge is 0.494 e. The van der Waals surface area contributed by atoms with E-state index in [0.29, 0.717) is 61.9 Å². The van der Waals surface area contributed by atoms with E-state index in [0.717, 1.165) is 80.4 Å². The van der Waals surface area contributed by atoms with Gasteiger partial charge in [-0.2, -0.15) is 0 Å². The molecule has 6 aromatic heterocycles. The lowest BCUT2D eigenvalue weighted by Gasteiger charge is -2.27. The SMILES string of the molecule is COc1cc2nnsc2cc1Nc1ncnc2sc3c(c12)CC[C@H](C(=O)N(C)CCNC(=O)OC(C)(C)C)C3.COc1cc2nnsc2cc1Nc1ncnc2sc3c(c12)CC[C@H](C(=O)O)C3. The third-order valence-electron chi connectivity index (χ3n) is 11.5. The number of nitrogens with one attached hydrogen (secondary N) is 3. The number of methoxy groups -OCH3 is 2. The van der Waals surface area contributed by atoms with E-state index in [2.05, 4.69) is 55.1 Å². The minimum atomic E-state index is -0.733. The van der Waals surface area contributed by atoms with Crippen LogP contribution in [0.5, 0.6) is 11.5 Å². The Morgan fingerprint density at radius 2 is 1.27 bits per heavy atom. The predicted octanol–water partition coefficient (Wildman–Crippen LogP) is 8.17. The molecule has 19 nitrogen and oxygen atoms in total. The maximum absolute atomic E-state index is 13.2. The topological polar surface area (TPSA) is 242 Å². The number of thiophene rings is 2. The third kappa shape index (κ3) is 9.71. The lowest BCUT2D eigenvalue weighted by atomic mass is 9.87. The lowest BCUT2D eigenvalue weighted by molar-refractivity contribution is -0.142. The lowest BCUT2D eigenvalue weighted by Crippen LogP contribution is -2.41. The van der Waals surface area contributed by atoms with Crippen molar-refractivity contribution in [2.24, 2.45) is 11.8 Å². The van der Waals surface area contributed by atoms with Gasteiger partial charge in [-0.3, -0.25) is 9.59 Å². The first-order valence-electron chi connectivity index (χ1n) is 21.4. The van der Waals surface area contributed by atoms with Crippen molar-refractivity contribution in [3.05, 3.63) is 57.8 Å². The molecule has 348 valence electrons. The molecule has 67 heavy (non-hydrogen) atoms. The van der Waals surface area contributed by atoms with E-state index in [-0.39, 0.29) is 17.7 Å². The predicted molar refractivity (Wildman–Crippen MR) is 260 cm³/mol. The fourth-order valence-electron chi connectivity index (χ4n) is 8.30. The number of anilines is 4. The van der Waals surface area contributed by atoms with Crippen LogP contribution in [0.2, 0.25) is 0 Å². The molecule has 2 atom stereocenters. The number of hydrogen-bond donors (Lipinski definition) is 4. The molecule has 0 bridgehead atoms. The van der Waals surface area contributed by atoms with E-state index in [1.54, 1.807) is 55.2 Å². The summed E-state index contributed by atoms with van der Waals surface area (Å²) in [4.78, 5) is 60.2. The number of benzene rings is 2. The summed E-state index contributed by atoms with van der Waals surface area (Å²) in [6.07, 6.45) is 6.63. The van der Waals surface area contributed by atoms with Crippen molar-refractivity contribution in [3.8, 4) is 11.5 Å². The smallest absolute Gasteiger partial charge is 0.407 e. The maximum Gasteiger partial charge on any atom is 0.407 e. The molecule has 2 aliphatic carbocycles. The fraction of sp³-hybridized carbons (Fsp3) is 0.386. The standard InChI is InChI=1S/C26H31N7O4S2.C18H15N5O3S2/c1-26(2,3)37-25(35)27-8-9-33(4)24(34)14-6-7-15-19(10-14)38-23-21(15)22(28-13-29-23)30-16-12-20-17(31-32-39-20)11-18(16)36-5;1-26-12-5-11-14(28-23-22-11)6-10(12)21-16-15-9-3-2-8(18(24)25)4-13(9)27-17(15)20-7-19-16/h11-14H,6-10H2,1-5H3,(H,27,35)(H,28,29,30);5-8H,2-4H2,1H3,(H,24,25)(H,19,20,21)/t14-;8-/m00/s1. The van der Waals surface area contributed by atoms with Crippen LogP contribution in [0, 0.1) is 11.8 Å². The van der Waals surface area contributed by atoms with Gasteiger partial charge in [0.15, 0.2) is 0 Å². The number of aryl methyl sites for hydroxylation is 2. The van der Waals surface area contributed by atoms with Gasteiger partial charge in [-0.1, -0.05) is 8.98 Å². The molecule has 23 heteroatoms. The van der Waals surface area contributed by atoms with Crippen LogP contribution in [0.25, 0.3) is 40.9 Å². The highest BCUT2D eigenvalue weighted by molar-refractivity contribution is 7.19. The van der Waals surface area contributed by atoms with Crippen molar-refractivity contribution in [2.45, 2.75) is 64.9 Å². The number of ether oxygens (including phenoxy) is 3. The fourth-order valence-corrected chi connectivity index (χ4v) is 12.0. The highest BCUT2D eigenvalue weighted by atomic mass is 32.1. The van der Waals surface area contributed by atoms with Crippen molar-refractivity contribution in [3.63, 3.8) is 0 Å². The van der Waals surface area contributed by atoms with Gasteiger partial charge in [-0.15, -0.1) is 32.9 Å². The average Bonchev–Trinajstić information content (AvgIpc) is 4.12. The Labute approximate surface area is 399 Å². The highest BCUT2D eigenvalue weighted by Crippen LogP contribution is 2.44. The van der Waals surface area contributed by atoms with Gasteiger partial charge < -0.3 is 40.2 Å². The summed E-state index contributed by atoms with van der Waals surface area (Å²) in [7, 11) is 5.01. The van der Waals surface area contributed by atoms with Gasteiger partial charge in [0, 0.05) is 47.9 Å². The number of carboxylic acid groups (broad SMARTS) is 1. The summed E-state index contributed by atoms with van der Waals surface area (Å²) in [5.41, 5.74) is 4.91. The molecule has 0 spiro atoms. The van der Waals surface area contributed by atoms with E-state index >= 15 is 0 Å². The second-order valence-corrected chi connectivity index (χ2v) is 20.8. The van der Waals surface area contributed by atoms with Crippen LogP contribution >= 0.6 is 45.7 Å². The molecule has 0 aliphatic heterocycles. The van der Waals surface area contributed by atoms with Gasteiger partial charge in [0.1, 0.15) is 62.1 Å². The average molecular weight is 983 g/mol. The molecule has 0 radical (unpaired) electrons. The number of aliphatic carboxylic acids is 1. The molecule has 2 aliphatic rings. The van der Waals surface area contributed by atoms with Crippen molar-refractivity contribution >= 4 is 128 Å². The van der Waals surface area contributed by atoms with Gasteiger partial charge in [0.25, 0.3) is 0 Å². The van der Waals surface area contributed by atoms with Crippen LogP contribution < -0.4 is 25.4 Å². The molecule has 2 amide bonds. The Kier molecular flexibility index (Phi) is 13.0. The van der Waals surface area contributed by atoms with Gasteiger partial charge in [-0.25, -0.2) is 24.7 Å². The molecular formula is C44H46N12O7S4. The van der Waals surface area contributed by atoms with E-state index in [4.69, 9.17) is 14.2 Å². The van der Waals surface area contributed by atoms with Gasteiger partial charge in [0.05, 0.1) is 51.7 Å². The Balaban J connectivity index is 0.000000177. The number of likely N-dealkylation sites (N-methyl/N-ethyl adjacent to an activating group) is 1. The number of aromatic nitrogens is 8. The third-order valence-corrected chi connectivity index (χ3v) is 15.2. The van der Waals surface area contributed by atoms with Crippen molar-refractivity contribution in [1.82, 2.24) is 49.3 Å². The van der Waals surface area contributed by atoms with Crippen LogP contribution in [-0.4, -0.2) is 107 Å². The summed E-state index contributed by atoms with van der Waals surface area (Å²) < 4.78 is 26.3. The van der Waals surface area contributed by atoms with Crippen LogP contribution in [0.1, 0.15) is 54.5 Å². The first-order valence-corrected chi connectivity index (χ1v) is 24.5. The Bertz CT molecular complexity index is 3160. The molecule has 2 aromatic carbocycles. The second-order valence-electron chi connectivity index (χ2n) is 17.1. The second kappa shape index (κ2) is 19.1. The summed E-state index contributed by atoms with van der Waals surface area (Å²) in [6, 6.07) is 7.62. The summed E-state index contributed by atoms with van der Waals surface area (Å²) in [6.45, 7) is 6.18. The molecule has 0 saturated carbocycles. The molecule has 10 rings (SSSR count). The van der Waals surface area contributed by atoms with Crippen molar-refractivity contribution in [1.29, 1.82) is 0 Å². The van der Waals surface area contributed by atoms with Crippen LogP contribution in [0.4, 0.5) is 27.8 Å². The summed E-state index contributed by atoms with van der Waals surface area (Å²) >= 11 is 5.81. The number of alkyl carbamates (subject to hydrolysis) is 1. The number of fused-ring (bicyclic) bond motifs is 8. The molecule has 8 aromatic rings. The first-order chi connectivity index (χ1) is 32.3. The Morgan fingerprint density at radius 1 is 0.761 bits per heavy atom. The molecule has 0 saturated heterocycles.